The number of hydrogen-bond donors (Lipinski definition) is 0. The van der Waals surface area contributed by atoms with Crippen molar-refractivity contribution in [2.75, 3.05) is 56.9 Å². The maximum Gasteiger partial charge on any atom is 0.410 e. The third-order valence-corrected chi connectivity index (χ3v) is 10.5. The maximum atomic E-state index is 15.4. The average molecular weight is 553 g/mol. The Morgan fingerprint density at radius 1 is 1.16 bits per heavy atom. The van der Waals surface area contributed by atoms with E-state index in [1.807, 2.05) is 20.8 Å². The quantitative estimate of drug-likeness (QED) is 0.395. The summed E-state index contributed by atoms with van der Waals surface area (Å²) in [6, 6.07) is 0. The lowest BCUT2D eigenvalue weighted by Gasteiger charge is -2.33. The lowest BCUT2D eigenvalue weighted by molar-refractivity contribution is 0.0204. The monoisotopic (exact) mass is 552 g/mol. The molecule has 2 aromatic heterocycles. The Labute approximate surface area is 227 Å². The van der Waals surface area contributed by atoms with Crippen LogP contribution in [-0.4, -0.2) is 88.1 Å². The fourth-order valence-corrected chi connectivity index (χ4v) is 5.98. The van der Waals surface area contributed by atoms with E-state index in [0.717, 1.165) is 24.4 Å². The zero-order chi connectivity index (χ0) is 27.5. The topological polar surface area (TPSA) is 78.7 Å². The third-order valence-electron chi connectivity index (χ3n) is 7.71. The lowest BCUT2D eigenvalue weighted by atomic mass is 9.89. The number of amides is 1. The largest absolute Gasteiger partial charge is 0.444 e. The van der Waals surface area contributed by atoms with E-state index in [9.17, 15) is 4.79 Å². The molecule has 0 aliphatic carbocycles. The van der Waals surface area contributed by atoms with E-state index in [-0.39, 0.29) is 23.7 Å². The maximum absolute atomic E-state index is 15.4. The van der Waals surface area contributed by atoms with Gasteiger partial charge >= 0.3 is 6.09 Å². The van der Waals surface area contributed by atoms with Gasteiger partial charge in [0.25, 0.3) is 0 Å². The van der Waals surface area contributed by atoms with Crippen LogP contribution in [0.2, 0.25) is 0 Å². The Morgan fingerprint density at radius 2 is 1.84 bits per heavy atom. The number of hydrogen-bond acceptors (Lipinski definition) is 6. The van der Waals surface area contributed by atoms with Crippen LogP contribution in [0.1, 0.15) is 76.6 Å². The summed E-state index contributed by atoms with van der Waals surface area (Å²) in [5, 5.41) is 0. The number of ether oxygens (including phenoxy) is 3. The van der Waals surface area contributed by atoms with Gasteiger partial charge in [0.1, 0.15) is 29.5 Å². The van der Waals surface area contributed by atoms with Gasteiger partial charge in [0.15, 0.2) is 5.65 Å². The van der Waals surface area contributed by atoms with Crippen molar-refractivity contribution in [3.8, 4) is 0 Å². The number of carbonyl (C=O) groups is 1. The number of pyridine rings is 1. The van der Waals surface area contributed by atoms with Gasteiger partial charge in [-0.3, -0.25) is 4.57 Å². The second kappa shape index (κ2) is 12.1. The first kappa shape index (κ1) is 29.1. The molecule has 4 heterocycles. The van der Waals surface area contributed by atoms with Gasteiger partial charge in [0.2, 0.25) is 0 Å². The van der Waals surface area contributed by atoms with Crippen LogP contribution in [0.25, 0.3) is 11.2 Å². The van der Waals surface area contributed by atoms with Crippen LogP contribution in [-0.2, 0) is 20.9 Å². The molecular weight excluding hydrogens is 507 g/mol. The molecule has 2 aliphatic heterocycles. The molecule has 0 aromatic carbocycles. The predicted molar refractivity (Wildman–Crippen MR) is 151 cm³/mol. The smallest absolute Gasteiger partial charge is 0.410 e. The first-order chi connectivity index (χ1) is 18.0. The number of piperidine rings is 1. The minimum Gasteiger partial charge on any atom is -0.444 e. The van der Waals surface area contributed by atoms with Gasteiger partial charge in [-0.25, -0.2) is 29.2 Å². The fourth-order valence-electron chi connectivity index (χ4n) is 5.12. The van der Waals surface area contributed by atoms with Crippen molar-refractivity contribution in [1.29, 1.82) is 0 Å². The van der Waals surface area contributed by atoms with Crippen molar-refractivity contribution < 1.29 is 23.4 Å². The van der Waals surface area contributed by atoms with E-state index in [2.05, 4.69) is 29.0 Å². The molecule has 214 valence electrons. The highest BCUT2D eigenvalue weighted by Crippen LogP contribution is 2.39. The standard InChI is InChI=1S/C28H45FN4O4S/c1-7-38(5,6)17-16-36-19-33-25(21-10-14-35-15-11-21)31-24-23(22(29)18-30-26(24)33)20-8-12-32(13-9-20)27(34)37-28(2,3)4/h18,20-21H,7-17,19H2,1-6H3. The van der Waals surface area contributed by atoms with Crippen molar-refractivity contribution in [3.05, 3.63) is 23.4 Å². The van der Waals surface area contributed by atoms with E-state index in [1.54, 1.807) is 4.90 Å². The molecule has 0 saturated carbocycles. The highest BCUT2D eigenvalue weighted by molar-refractivity contribution is 8.32. The molecular formula is C28H45FN4O4S. The molecule has 2 fully saturated rings. The summed E-state index contributed by atoms with van der Waals surface area (Å²) in [5.74, 6) is 2.99. The first-order valence-corrected chi connectivity index (χ1v) is 16.6. The molecule has 38 heavy (non-hydrogen) atoms. The Bertz CT molecular complexity index is 1100. The van der Waals surface area contributed by atoms with E-state index in [0.29, 0.717) is 69.2 Å². The van der Waals surface area contributed by atoms with Crippen LogP contribution in [0.3, 0.4) is 0 Å². The van der Waals surface area contributed by atoms with Gasteiger partial charge in [-0.15, -0.1) is 0 Å². The molecule has 0 atom stereocenters. The third kappa shape index (κ3) is 6.99. The number of rotatable bonds is 8. The Kier molecular flexibility index (Phi) is 9.25. The van der Waals surface area contributed by atoms with Gasteiger partial charge < -0.3 is 19.1 Å². The van der Waals surface area contributed by atoms with Crippen molar-refractivity contribution in [3.63, 3.8) is 0 Å². The molecule has 0 radical (unpaired) electrons. The van der Waals surface area contributed by atoms with Gasteiger partial charge in [0.05, 0.1) is 12.8 Å². The summed E-state index contributed by atoms with van der Waals surface area (Å²) < 4.78 is 34.7. The Morgan fingerprint density at radius 3 is 2.47 bits per heavy atom. The molecule has 10 heteroatoms. The molecule has 0 spiro atoms. The zero-order valence-electron chi connectivity index (χ0n) is 23.9. The first-order valence-electron chi connectivity index (χ1n) is 13.9. The summed E-state index contributed by atoms with van der Waals surface area (Å²) >= 11 is 0. The van der Waals surface area contributed by atoms with Gasteiger partial charge in [0, 0.05) is 43.5 Å². The summed E-state index contributed by atoms with van der Waals surface area (Å²) in [6.45, 7) is 11.3. The Balaban J connectivity index is 1.58. The summed E-state index contributed by atoms with van der Waals surface area (Å²) in [4.78, 5) is 23.8. The van der Waals surface area contributed by atoms with Gasteiger partial charge in [-0.05, 0) is 70.6 Å². The van der Waals surface area contributed by atoms with Gasteiger partial charge in [-0.1, -0.05) is 6.92 Å². The minimum atomic E-state index is -0.650. The second-order valence-corrected chi connectivity index (χ2v) is 16.5. The molecule has 0 unspecified atom stereocenters. The number of likely N-dealkylation sites (tertiary alicyclic amines) is 1. The summed E-state index contributed by atoms with van der Waals surface area (Å²) in [7, 11) is -0.650. The summed E-state index contributed by atoms with van der Waals surface area (Å²) in [5.41, 5.74) is 1.38. The van der Waals surface area contributed by atoms with E-state index in [1.165, 1.54) is 11.9 Å². The van der Waals surface area contributed by atoms with Crippen LogP contribution in [0.4, 0.5) is 9.18 Å². The number of imidazole rings is 1. The van der Waals surface area contributed by atoms with Gasteiger partial charge in [-0.2, -0.15) is 0 Å². The minimum absolute atomic E-state index is 0.0417. The zero-order valence-corrected chi connectivity index (χ0v) is 24.7. The molecule has 0 N–H and O–H groups in total. The molecule has 2 aliphatic rings. The van der Waals surface area contributed by atoms with E-state index >= 15 is 4.39 Å². The van der Waals surface area contributed by atoms with Crippen LogP contribution < -0.4 is 0 Å². The second-order valence-electron chi connectivity index (χ2n) is 12.0. The highest BCUT2D eigenvalue weighted by Gasteiger charge is 2.32. The SMILES string of the molecule is CCS(C)(C)CCOCn1c(C2CCOCC2)nc2c(C3CCN(C(=O)OC(C)(C)C)CC3)c(F)cnc21. The van der Waals surface area contributed by atoms with E-state index in [4.69, 9.17) is 19.2 Å². The average Bonchev–Trinajstić information content (AvgIpc) is 3.24. The van der Waals surface area contributed by atoms with Crippen molar-refractivity contribution in [2.45, 2.75) is 77.5 Å². The van der Waals surface area contributed by atoms with Crippen molar-refractivity contribution in [1.82, 2.24) is 19.4 Å². The van der Waals surface area contributed by atoms with Crippen LogP contribution in [0.15, 0.2) is 6.20 Å². The molecule has 8 nitrogen and oxygen atoms in total. The molecule has 2 aromatic rings. The van der Waals surface area contributed by atoms with E-state index < -0.39 is 15.6 Å². The highest BCUT2D eigenvalue weighted by atomic mass is 32.3. The molecule has 1 amide bonds. The number of carbonyl (C=O) groups excluding carboxylic acids is 1. The number of nitrogens with zero attached hydrogens (tertiary/aromatic N) is 4. The van der Waals surface area contributed by atoms with Crippen molar-refractivity contribution in [2.24, 2.45) is 0 Å². The van der Waals surface area contributed by atoms with Crippen LogP contribution in [0.5, 0.6) is 0 Å². The Hall–Kier alpha value is -1.91. The van der Waals surface area contributed by atoms with Crippen LogP contribution in [0, 0.1) is 5.82 Å². The predicted octanol–water partition coefficient (Wildman–Crippen LogP) is 5.64. The summed E-state index contributed by atoms with van der Waals surface area (Å²) in [6.07, 6.45) is 8.74. The number of aromatic nitrogens is 3. The fraction of sp³-hybridized carbons (Fsp3) is 0.750. The van der Waals surface area contributed by atoms with Crippen molar-refractivity contribution >= 4 is 27.3 Å². The normalized spacial score (nSPS) is 18.8. The molecule has 0 bridgehead atoms. The molecule has 2 saturated heterocycles. The van der Waals surface area contributed by atoms with Crippen LogP contribution >= 0.6 is 10.0 Å². The molecule has 4 rings (SSSR count). The number of fused-ring (bicyclic) bond motifs is 1. The lowest BCUT2D eigenvalue weighted by Crippen LogP contribution is -2.41. The number of halogens is 1.